The van der Waals surface area contributed by atoms with Crippen LogP contribution < -0.4 is 5.63 Å². The van der Waals surface area contributed by atoms with Gasteiger partial charge >= 0.3 is 5.63 Å². The normalized spacial score (nSPS) is 9.47. The van der Waals surface area contributed by atoms with Crippen LogP contribution in [0.5, 0.6) is 0 Å². The molecule has 0 saturated carbocycles. The van der Waals surface area contributed by atoms with E-state index in [1.807, 2.05) is 0 Å². The quantitative estimate of drug-likeness (QED) is 0.561. The Morgan fingerprint density at radius 2 is 2.27 bits per heavy atom. The number of aryl methyl sites for hydroxylation is 1. The molecule has 0 aliphatic heterocycles. The summed E-state index contributed by atoms with van der Waals surface area (Å²) in [5, 5.41) is 0. The van der Waals surface area contributed by atoms with E-state index >= 15 is 0 Å². The minimum absolute atomic E-state index is 0.399. The second-order valence-corrected chi connectivity index (χ2v) is 3.19. The number of aliphatic imine (C=N–C) groups is 2. The molecule has 1 aromatic heterocycles. The Kier molecular flexibility index (Phi) is 4.51. The number of hydrogen-bond acceptors (Lipinski definition) is 4. The Hall–Kier alpha value is -1.67. The minimum Gasteiger partial charge on any atom is -0.428 e. The summed E-state index contributed by atoms with van der Waals surface area (Å²) in [4.78, 5) is 18.9. The Bertz CT molecular complexity index is 428. The largest absolute Gasteiger partial charge is 0.428 e. The van der Waals surface area contributed by atoms with E-state index in [0.29, 0.717) is 11.4 Å². The fourth-order valence-electron chi connectivity index (χ4n) is 1.03. The van der Waals surface area contributed by atoms with E-state index in [1.165, 1.54) is 6.07 Å². The van der Waals surface area contributed by atoms with E-state index in [0.717, 1.165) is 19.4 Å². The van der Waals surface area contributed by atoms with Gasteiger partial charge in [0.25, 0.3) is 0 Å². The molecule has 0 saturated heterocycles. The predicted octanol–water partition coefficient (Wildman–Crippen LogP) is 2.55. The number of hydrogen-bond donors (Lipinski definition) is 0. The molecular formula is C11H14N2O2. The molecule has 0 spiro atoms. The molecule has 1 aromatic rings. The van der Waals surface area contributed by atoms with Gasteiger partial charge in [-0.2, -0.15) is 4.99 Å². The van der Waals surface area contributed by atoms with E-state index in [9.17, 15) is 4.79 Å². The fraction of sp³-hybridized carbons (Fsp3) is 0.455. The van der Waals surface area contributed by atoms with Crippen molar-refractivity contribution in [3.8, 4) is 0 Å². The van der Waals surface area contributed by atoms with Crippen molar-refractivity contribution in [2.24, 2.45) is 9.98 Å². The Balaban J connectivity index is 2.72. The van der Waals surface area contributed by atoms with Gasteiger partial charge in [0.2, 0.25) is 0 Å². The van der Waals surface area contributed by atoms with Crippen LogP contribution in [0.25, 0.3) is 0 Å². The molecule has 4 nitrogen and oxygen atoms in total. The van der Waals surface area contributed by atoms with Crippen LogP contribution in [0.4, 0.5) is 5.69 Å². The summed E-state index contributed by atoms with van der Waals surface area (Å²) in [6, 6.07) is 5.55. The molecule has 80 valence electrons. The van der Waals surface area contributed by atoms with E-state index in [2.05, 4.69) is 22.9 Å². The van der Waals surface area contributed by atoms with Crippen LogP contribution in [0.3, 0.4) is 0 Å². The van der Waals surface area contributed by atoms with Gasteiger partial charge in [-0.3, -0.25) is 0 Å². The molecule has 0 aliphatic rings. The minimum atomic E-state index is -0.399. The molecule has 0 bridgehead atoms. The van der Waals surface area contributed by atoms with Gasteiger partial charge in [0.05, 0.1) is 17.8 Å². The van der Waals surface area contributed by atoms with Crippen molar-refractivity contribution < 1.29 is 4.42 Å². The Morgan fingerprint density at radius 1 is 1.47 bits per heavy atom. The van der Waals surface area contributed by atoms with Crippen molar-refractivity contribution in [2.45, 2.75) is 26.7 Å². The van der Waals surface area contributed by atoms with Crippen molar-refractivity contribution in [3.63, 3.8) is 0 Å². The molecule has 4 heteroatoms. The van der Waals surface area contributed by atoms with Crippen LogP contribution >= 0.6 is 0 Å². The summed E-state index contributed by atoms with van der Waals surface area (Å²) in [5.74, 6) is 0.539. The van der Waals surface area contributed by atoms with Crippen molar-refractivity contribution in [3.05, 3.63) is 28.3 Å². The molecule has 0 amide bonds. The fourth-order valence-corrected chi connectivity index (χ4v) is 1.03. The lowest BCUT2D eigenvalue weighted by Gasteiger charge is -1.91. The summed E-state index contributed by atoms with van der Waals surface area (Å²) < 4.78 is 4.79. The lowest BCUT2D eigenvalue weighted by atomic mass is 10.3. The van der Waals surface area contributed by atoms with Crippen LogP contribution in [-0.2, 0) is 0 Å². The standard InChI is InChI=1S/C11H14N2O2/c1-3-4-5-12-8-13-10-6-9(2)15-11(14)7-10/h6-7H,3-5H2,1-2H3. The SMILES string of the molecule is CCCCN=C=Nc1cc(C)oc(=O)c1. The summed E-state index contributed by atoms with van der Waals surface area (Å²) >= 11 is 0. The zero-order valence-electron chi connectivity index (χ0n) is 8.99. The highest BCUT2D eigenvalue weighted by Crippen LogP contribution is 2.08. The van der Waals surface area contributed by atoms with E-state index in [-0.39, 0.29) is 0 Å². The predicted molar refractivity (Wildman–Crippen MR) is 59.0 cm³/mol. The van der Waals surface area contributed by atoms with Gasteiger partial charge in [-0.1, -0.05) is 13.3 Å². The summed E-state index contributed by atoms with van der Waals surface area (Å²) in [7, 11) is 0. The Labute approximate surface area is 88.4 Å². The van der Waals surface area contributed by atoms with Crippen molar-refractivity contribution >= 4 is 11.7 Å². The monoisotopic (exact) mass is 206 g/mol. The maximum absolute atomic E-state index is 11.0. The molecule has 0 N–H and O–H groups in total. The van der Waals surface area contributed by atoms with Crippen molar-refractivity contribution in [1.82, 2.24) is 0 Å². The van der Waals surface area contributed by atoms with Crippen LogP contribution in [0.15, 0.2) is 31.3 Å². The smallest absolute Gasteiger partial charge is 0.338 e. The van der Waals surface area contributed by atoms with Gasteiger partial charge in [-0.15, -0.1) is 0 Å². The first kappa shape index (κ1) is 11.4. The molecule has 0 aromatic carbocycles. The topological polar surface area (TPSA) is 54.9 Å². The maximum Gasteiger partial charge on any atom is 0.338 e. The zero-order chi connectivity index (χ0) is 11.1. The van der Waals surface area contributed by atoms with Crippen molar-refractivity contribution in [2.75, 3.05) is 6.54 Å². The molecule has 0 atom stereocenters. The number of nitrogens with zero attached hydrogens (tertiary/aromatic N) is 2. The van der Waals surface area contributed by atoms with E-state index in [1.54, 1.807) is 13.0 Å². The Morgan fingerprint density at radius 3 is 2.93 bits per heavy atom. The highest BCUT2D eigenvalue weighted by atomic mass is 16.4. The van der Waals surface area contributed by atoms with Gasteiger partial charge in [0.15, 0.2) is 0 Å². The highest BCUT2D eigenvalue weighted by molar-refractivity contribution is 5.51. The molecule has 0 fully saturated rings. The van der Waals surface area contributed by atoms with Gasteiger partial charge in [0.1, 0.15) is 5.76 Å². The first-order valence-electron chi connectivity index (χ1n) is 4.96. The average molecular weight is 206 g/mol. The molecular weight excluding hydrogens is 192 g/mol. The van der Waals surface area contributed by atoms with Crippen molar-refractivity contribution in [1.29, 1.82) is 0 Å². The lowest BCUT2D eigenvalue weighted by Crippen LogP contribution is -1.95. The summed E-state index contributed by atoms with van der Waals surface area (Å²) in [6.07, 6.45) is 2.12. The van der Waals surface area contributed by atoms with Crippen LogP contribution in [0.2, 0.25) is 0 Å². The lowest BCUT2D eigenvalue weighted by molar-refractivity contribution is 0.481. The molecule has 1 heterocycles. The average Bonchev–Trinajstić information content (AvgIpc) is 2.16. The molecule has 0 aliphatic carbocycles. The summed E-state index contributed by atoms with van der Waals surface area (Å²) in [5.41, 5.74) is 0.133. The maximum atomic E-state index is 11.0. The van der Waals surface area contributed by atoms with Gasteiger partial charge in [-0.25, -0.2) is 9.79 Å². The first-order chi connectivity index (χ1) is 7.22. The van der Waals surface area contributed by atoms with Gasteiger partial charge < -0.3 is 4.42 Å². The van der Waals surface area contributed by atoms with Crippen LogP contribution in [0.1, 0.15) is 25.5 Å². The first-order valence-corrected chi connectivity index (χ1v) is 4.96. The number of rotatable bonds is 4. The highest BCUT2D eigenvalue weighted by Gasteiger charge is 1.94. The van der Waals surface area contributed by atoms with Crippen LogP contribution in [-0.4, -0.2) is 12.6 Å². The van der Waals surface area contributed by atoms with Crippen LogP contribution in [0, 0.1) is 6.92 Å². The number of unbranched alkanes of at least 4 members (excludes halogenated alkanes) is 1. The van der Waals surface area contributed by atoms with Gasteiger partial charge in [0, 0.05) is 12.6 Å². The molecule has 1 rings (SSSR count). The molecule has 15 heavy (non-hydrogen) atoms. The third kappa shape index (κ3) is 4.38. The third-order valence-electron chi connectivity index (χ3n) is 1.75. The van der Waals surface area contributed by atoms with Gasteiger partial charge in [-0.05, 0) is 13.3 Å². The zero-order valence-corrected chi connectivity index (χ0v) is 8.99. The van der Waals surface area contributed by atoms with E-state index in [4.69, 9.17) is 4.42 Å². The second kappa shape index (κ2) is 5.94. The summed E-state index contributed by atoms with van der Waals surface area (Å²) in [6.45, 7) is 4.52. The molecule has 0 unspecified atom stereocenters. The van der Waals surface area contributed by atoms with E-state index < -0.39 is 5.63 Å². The molecule has 0 radical (unpaired) electrons. The third-order valence-corrected chi connectivity index (χ3v) is 1.75. The second-order valence-electron chi connectivity index (χ2n) is 3.19.